The maximum atomic E-state index is 11.6. The number of rotatable bonds is 4. The van der Waals surface area contributed by atoms with Crippen molar-refractivity contribution in [2.24, 2.45) is 0 Å². The van der Waals surface area contributed by atoms with E-state index in [4.69, 9.17) is 4.74 Å². The lowest BCUT2D eigenvalue weighted by atomic mass is 10.3. The highest BCUT2D eigenvalue weighted by molar-refractivity contribution is 7.93. The van der Waals surface area contributed by atoms with E-state index in [-0.39, 0.29) is 16.7 Å². The van der Waals surface area contributed by atoms with Crippen LogP contribution < -0.4 is 9.46 Å². The molecule has 0 unspecified atom stereocenters. The van der Waals surface area contributed by atoms with Crippen LogP contribution in [0.15, 0.2) is 18.2 Å². The molecule has 88 valence electrons. The molecule has 1 aromatic rings. The first-order chi connectivity index (χ1) is 7.53. The first kappa shape index (κ1) is 11.1. The molecule has 1 aliphatic rings. The van der Waals surface area contributed by atoms with Gasteiger partial charge in [0.05, 0.1) is 18.0 Å². The van der Waals surface area contributed by atoms with Gasteiger partial charge in [-0.3, -0.25) is 4.72 Å². The van der Waals surface area contributed by atoms with Crippen molar-refractivity contribution < 1.29 is 18.3 Å². The smallest absolute Gasteiger partial charge is 0.235 e. The van der Waals surface area contributed by atoms with Crippen LogP contribution in [0.4, 0.5) is 5.69 Å². The van der Waals surface area contributed by atoms with Crippen molar-refractivity contribution in [1.29, 1.82) is 0 Å². The van der Waals surface area contributed by atoms with Gasteiger partial charge in [0.25, 0.3) is 0 Å². The first-order valence-corrected chi connectivity index (χ1v) is 6.46. The molecule has 1 saturated carbocycles. The Bertz CT molecular complexity index is 494. The molecule has 0 saturated heterocycles. The molecule has 0 spiro atoms. The molecule has 1 fully saturated rings. The van der Waals surface area contributed by atoms with Gasteiger partial charge in [0, 0.05) is 6.07 Å². The molecule has 0 aliphatic heterocycles. The van der Waals surface area contributed by atoms with Gasteiger partial charge < -0.3 is 9.84 Å². The third-order valence-corrected chi connectivity index (χ3v) is 4.27. The van der Waals surface area contributed by atoms with E-state index in [2.05, 4.69) is 4.72 Å². The SMILES string of the molecule is COc1ccc(NS(=O)(=O)C2CC2)c(O)c1. The van der Waals surface area contributed by atoms with Crippen LogP contribution in [-0.4, -0.2) is 25.9 Å². The van der Waals surface area contributed by atoms with Gasteiger partial charge >= 0.3 is 0 Å². The minimum absolute atomic E-state index is 0.136. The average Bonchev–Trinajstić information content (AvgIpc) is 3.04. The van der Waals surface area contributed by atoms with E-state index in [9.17, 15) is 13.5 Å². The quantitative estimate of drug-likeness (QED) is 0.782. The second-order valence-corrected chi connectivity index (χ2v) is 5.69. The summed E-state index contributed by atoms with van der Waals surface area (Å²) in [7, 11) is -1.86. The third kappa shape index (κ3) is 2.21. The van der Waals surface area contributed by atoms with Gasteiger partial charge in [-0.15, -0.1) is 0 Å². The van der Waals surface area contributed by atoms with Gasteiger partial charge in [0.1, 0.15) is 11.5 Å². The van der Waals surface area contributed by atoms with E-state index < -0.39 is 10.0 Å². The first-order valence-electron chi connectivity index (χ1n) is 4.91. The van der Waals surface area contributed by atoms with Gasteiger partial charge in [-0.05, 0) is 25.0 Å². The van der Waals surface area contributed by atoms with Crippen molar-refractivity contribution in [3.8, 4) is 11.5 Å². The summed E-state index contributed by atoms with van der Waals surface area (Å²) in [5.41, 5.74) is 0.188. The lowest BCUT2D eigenvalue weighted by Gasteiger charge is -2.09. The van der Waals surface area contributed by atoms with Crippen LogP contribution >= 0.6 is 0 Å². The van der Waals surface area contributed by atoms with Crippen LogP contribution in [0.1, 0.15) is 12.8 Å². The normalized spacial score (nSPS) is 15.8. The minimum Gasteiger partial charge on any atom is -0.506 e. The Kier molecular flexibility index (Phi) is 2.67. The molecular formula is C10H13NO4S. The zero-order chi connectivity index (χ0) is 11.8. The Morgan fingerprint density at radius 1 is 1.44 bits per heavy atom. The maximum absolute atomic E-state index is 11.6. The second-order valence-electron chi connectivity index (χ2n) is 3.73. The van der Waals surface area contributed by atoms with Gasteiger partial charge in [0.15, 0.2) is 0 Å². The highest BCUT2D eigenvalue weighted by Gasteiger charge is 2.36. The lowest BCUT2D eigenvalue weighted by molar-refractivity contribution is 0.408. The fourth-order valence-corrected chi connectivity index (χ4v) is 2.74. The summed E-state index contributed by atoms with van der Waals surface area (Å²) in [4.78, 5) is 0. The predicted molar refractivity (Wildman–Crippen MR) is 60.2 cm³/mol. The minimum atomic E-state index is -3.33. The van der Waals surface area contributed by atoms with E-state index in [0.717, 1.165) is 0 Å². The molecule has 2 N–H and O–H groups in total. The van der Waals surface area contributed by atoms with Gasteiger partial charge in [0.2, 0.25) is 10.0 Å². The van der Waals surface area contributed by atoms with Crippen LogP contribution in [0.25, 0.3) is 0 Å². The molecule has 16 heavy (non-hydrogen) atoms. The average molecular weight is 243 g/mol. The summed E-state index contributed by atoms with van der Waals surface area (Å²) in [6.45, 7) is 0. The van der Waals surface area contributed by atoms with Gasteiger partial charge in [-0.25, -0.2) is 8.42 Å². The van der Waals surface area contributed by atoms with Gasteiger partial charge in [-0.2, -0.15) is 0 Å². The Labute approximate surface area is 94.1 Å². The fourth-order valence-electron chi connectivity index (χ4n) is 1.34. The number of sulfonamides is 1. The van der Waals surface area contributed by atoms with Crippen LogP contribution in [0.5, 0.6) is 11.5 Å². The lowest BCUT2D eigenvalue weighted by Crippen LogP contribution is -2.17. The number of ether oxygens (including phenoxy) is 1. The van der Waals surface area contributed by atoms with Crippen molar-refractivity contribution in [3.05, 3.63) is 18.2 Å². The molecule has 0 radical (unpaired) electrons. The second kappa shape index (κ2) is 3.86. The predicted octanol–water partition coefficient (Wildman–Crippen LogP) is 1.30. The largest absolute Gasteiger partial charge is 0.506 e. The third-order valence-electron chi connectivity index (χ3n) is 2.42. The fraction of sp³-hybridized carbons (Fsp3) is 0.400. The summed E-state index contributed by atoms with van der Waals surface area (Å²) in [6.07, 6.45) is 1.37. The summed E-state index contributed by atoms with van der Waals surface area (Å²) in [6, 6.07) is 4.43. The summed E-state index contributed by atoms with van der Waals surface area (Å²) in [5.74, 6) is 0.343. The Morgan fingerprint density at radius 2 is 2.12 bits per heavy atom. The highest BCUT2D eigenvalue weighted by Crippen LogP contribution is 2.33. The van der Waals surface area contributed by atoms with Crippen molar-refractivity contribution in [1.82, 2.24) is 0 Å². The Hall–Kier alpha value is -1.43. The zero-order valence-electron chi connectivity index (χ0n) is 8.80. The molecule has 0 amide bonds. The van der Waals surface area contributed by atoms with Crippen molar-refractivity contribution >= 4 is 15.7 Å². The molecule has 1 aliphatic carbocycles. The number of phenolic OH excluding ortho intramolecular Hbond substituents is 1. The van der Waals surface area contributed by atoms with Crippen LogP contribution in [-0.2, 0) is 10.0 Å². The van der Waals surface area contributed by atoms with E-state index in [0.29, 0.717) is 18.6 Å². The number of phenols is 1. The summed E-state index contributed by atoms with van der Waals surface area (Å²) >= 11 is 0. The van der Waals surface area contributed by atoms with Gasteiger partial charge in [-0.1, -0.05) is 0 Å². The molecular weight excluding hydrogens is 230 g/mol. The topological polar surface area (TPSA) is 75.6 Å². The zero-order valence-corrected chi connectivity index (χ0v) is 9.62. The van der Waals surface area contributed by atoms with E-state index in [1.165, 1.54) is 19.2 Å². The van der Waals surface area contributed by atoms with E-state index >= 15 is 0 Å². The molecule has 5 nitrogen and oxygen atoms in total. The molecule has 0 heterocycles. The maximum Gasteiger partial charge on any atom is 0.235 e. The summed E-state index contributed by atoms with van der Waals surface area (Å²) in [5, 5.41) is 9.27. The number of methoxy groups -OCH3 is 1. The number of hydrogen-bond donors (Lipinski definition) is 2. The molecule has 0 atom stereocenters. The van der Waals surface area contributed by atoms with Crippen molar-refractivity contribution in [3.63, 3.8) is 0 Å². The molecule has 0 aromatic heterocycles. The van der Waals surface area contributed by atoms with Crippen molar-refractivity contribution in [2.75, 3.05) is 11.8 Å². The molecule has 6 heteroatoms. The molecule has 2 rings (SSSR count). The van der Waals surface area contributed by atoms with Crippen LogP contribution in [0, 0.1) is 0 Å². The monoisotopic (exact) mass is 243 g/mol. The summed E-state index contributed by atoms with van der Waals surface area (Å²) < 4.78 is 30.5. The van der Waals surface area contributed by atoms with Crippen molar-refractivity contribution in [2.45, 2.75) is 18.1 Å². The highest BCUT2D eigenvalue weighted by atomic mass is 32.2. The number of nitrogens with one attached hydrogen (secondary N) is 1. The number of hydrogen-bond acceptors (Lipinski definition) is 4. The number of benzene rings is 1. The van der Waals surface area contributed by atoms with E-state index in [1.807, 2.05) is 0 Å². The Morgan fingerprint density at radius 3 is 2.62 bits per heavy atom. The van der Waals surface area contributed by atoms with Crippen LogP contribution in [0.3, 0.4) is 0 Å². The van der Waals surface area contributed by atoms with E-state index in [1.54, 1.807) is 6.07 Å². The number of anilines is 1. The van der Waals surface area contributed by atoms with Crippen LogP contribution in [0.2, 0.25) is 0 Å². The Balaban J connectivity index is 2.21. The number of aromatic hydroxyl groups is 1. The molecule has 1 aromatic carbocycles. The standard InChI is InChI=1S/C10H13NO4S/c1-15-7-2-5-9(10(12)6-7)11-16(13,14)8-3-4-8/h2,5-6,8,11-12H,3-4H2,1H3. The molecule has 0 bridgehead atoms.